The first-order chi connectivity index (χ1) is 12.4. The Bertz CT molecular complexity index is 893. The Labute approximate surface area is 158 Å². The van der Waals surface area contributed by atoms with E-state index in [0.29, 0.717) is 26.9 Å². The van der Waals surface area contributed by atoms with E-state index in [1.807, 2.05) is 0 Å². The van der Waals surface area contributed by atoms with Crippen LogP contribution < -0.4 is 9.64 Å². The van der Waals surface area contributed by atoms with Crippen LogP contribution in [0.2, 0.25) is 5.02 Å². The Morgan fingerprint density at radius 1 is 1.12 bits per heavy atom. The van der Waals surface area contributed by atoms with Crippen LogP contribution in [0, 0.1) is 0 Å². The van der Waals surface area contributed by atoms with E-state index in [9.17, 15) is 14.4 Å². The number of thioether (sulfide) groups is 1. The van der Waals surface area contributed by atoms with Crippen LogP contribution in [0.15, 0.2) is 53.4 Å². The predicted molar refractivity (Wildman–Crippen MR) is 99.5 cm³/mol. The summed E-state index contributed by atoms with van der Waals surface area (Å²) in [5.74, 6) is -1.07. The number of ether oxygens (including phenoxy) is 1. The van der Waals surface area contributed by atoms with Gasteiger partial charge < -0.3 is 9.84 Å². The monoisotopic (exact) mass is 389 g/mol. The van der Waals surface area contributed by atoms with Gasteiger partial charge in [0.25, 0.3) is 11.1 Å². The van der Waals surface area contributed by atoms with Crippen molar-refractivity contribution in [2.75, 3.05) is 11.5 Å². The van der Waals surface area contributed by atoms with Gasteiger partial charge in [0.15, 0.2) is 6.61 Å². The number of imide groups is 1. The molecule has 0 atom stereocenters. The molecule has 0 saturated carbocycles. The van der Waals surface area contributed by atoms with Gasteiger partial charge in [0.1, 0.15) is 5.75 Å². The van der Waals surface area contributed by atoms with Crippen molar-refractivity contribution in [3.05, 3.63) is 64.0 Å². The van der Waals surface area contributed by atoms with E-state index in [2.05, 4.69) is 0 Å². The van der Waals surface area contributed by atoms with E-state index in [4.69, 9.17) is 21.4 Å². The molecule has 26 heavy (non-hydrogen) atoms. The van der Waals surface area contributed by atoms with Gasteiger partial charge in [-0.15, -0.1) is 0 Å². The van der Waals surface area contributed by atoms with Crippen molar-refractivity contribution in [2.24, 2.45) is 0 Å². The van der Waals surface area contributed by atoms with Crippen LogP contribution in [0.5, 0.6) is 5.75 Å². The normalized spacial score (nSPS) is 15.6. The smallest absolute Gasteiger partial charge is 0.341 e. The largest absolute Gasteiger partial charge is 0.482 e. The first-order valence-electron chi connectivity index (χ1n) is 7.42. The number of halogens is 1. The van der Waals surface area contributed by atoms with Crippen LogP contribution in [-0.4, -0.2) is 28.8 Å². The minimum Gasteiger partial charge on any atom is -0.482 e. The number of carboxylic acid groups (broad SMARTS) is 1. The Kier molecular flexibility index (Phi) is 5.29. The number of carbonyl (C=O) groups excluding carboxylic acids is 2. The number of hydrogen-bond acceptors (Lipinski definition) is 5. The van der Waals surface area contributed by atoms with Crippen LogP contribution in [0.4, 0.5) is 10.5 Å². The van der Waals surface area contributed by atoms with Gasteiger partial charge in [0.2, 0.25) is 0 Å². The van der Waals surface area contributed by atoms with Gasteiger partial charge in [-0.3, -0.25) is 9.59 Å². The second kappa shape index (κ2) is 7.63. The fourth-order valence-corrected chi connectivity index (χ4v) is 3.20. The molecule has 0 radical (unpaired) electrons. The maximum atomic E-state index is 12.5. The standard InChI is InChI=1S/C18H12ClNO5S/c19-12-3-5-13(6-4-12)20-17(23)15(26-18(20)24)9-11-1-7-14(8-2-11)25-10-16(21)22/h1-9H,10H2,(H,21,22). The van der Waals surface area contributed by atoms with Crippen molar-refractivity contribution in [1.82, 2.24) is 0 Å². The lowest BCUT2D eigenvalue weighted by Crippen LogP contribution is -2.27. The number of anilines is 1. The number of aliphatic carboxylic acids is 1. The Hall–Kier alpha value is -2.77. The molecule has 8 heteroatoms. The Morgan fingerprint density at radius 3 is 2.38 bits per heavy atom. The highest BCUT2D eigenvalue weighted by molar-refractivity contribution is 8.19. The van der Waals surface area contributed by atoms with Gasteiger partial charge in [-0.25, -0.2) is 9.69 Å². The number of amides is 2. The Balaban J connectivity index is 1.77. The van der Waals surface area contributed by atoms with Gasteiger partial charge in [0.05, 0.1) is 10.6 Å². The maximum absolute atomic E-state index is 12.5. The zero-order valence-electron chi connectivity index (χ0n) is 13.2. The van der Waals surface area contributed by atoms with E-state index in [0.717, 1.165) is 16.7 Å². The lowest BCUT2D eigenvalue weighted by molar-refractivity contribution is -0.139. The van der Waals surface area contributed by atoms with E-state index in [1.54, 1.807) is 54.6 Å². The van der Waals surface area contributed by atoms with Crippen molar-refractivity contribution in [3.63, 3.8) is 0 Å². The van der Waals surface area contributed by atoms with Crippen molar-refractivity contribution in [1.29, 1.82) is 0 Å². The van der Waals surface area contributed by atoms with Gasteiger partial charge >= 0.3 is 5.97 Å². The summed E-state index contributed by atoms with van der Waals surface area (Å²) in [6, 6.07) is 13.0. The highest BCUT2D eigenvalue weighted by Crippen LogP contribution is 2.36. The fourth-order valence-electron chi connectivity index (χ4n) is 2.24. The molecular formula is C18H12ClNO5S. The third-order valence-electron chi connectivity index (χ3n) is 3.42. The van der Waals surface area contributed by atoms with Crippen LogP contribution >= 0.6 is 23.4 Å². The first-order valence-corrected chi connectivity index (χ1v) is 8.61. The van der Waals surface area contributed by atoms with Crippen molar-refractivity contribution in [2.45, 2.75) is 0 Å². The molecule has 2 amide bonds. The number of benzene rings is 2. The van der Waals surface area contributed by atoms with E-state index >= 15 is 0 Å². The summed E-state index contributed by atoms with van der Waals surface area (Å²) in [5.41, 5.74) is 1.15. The summed E-state index contributed by atoms with van der Waals surface area (Å²) in [4.78, 5) is 36.6. The molecule has 1 heterocycles. The average Bonchev–Trinajstić information content (AvgIpc) is 2.89. The van der Waals surface area contributed by atoms with E-state index < -0.39 is 18.5 Å². The molecular weight excluding hydrogens is 378 g/mol. The molecule has 6 nitrogen and oxygen atoms in total. The minimum absolute atomic E-state index is 0.296. The number of carbonyl (C=O) groups is 3. The summed E-state index contributed by atoms with van der Waals surface area (Å²) >= 11 is 6.68. The number of hydrogen-bond donors (Lipinski definition) is 1. The van der Waals surface area contributed by atoms with Crippen LogP contribution in [0.3, 0.4) is 0 Å². The third-order valence-corrected chi connectivity index (χ3v) is 4.54. The summed E-state index contributed by atoms with van der Waals surface area (Å²) < 4.78 is 5.05. The summed E-state index contributed by atoms with van der Waals surface area (Å²) in [7, 11) is 0. The molecule has 2 aromatic carbocycles. The lowest BCUT2D eigenvalue weighted by Gasteiger charge is -2.12. The first kappa shape index (κ1) is 18.0. The SMILES string of the molecule is O=C(O)COc1ccc(C=C2SC(=O)N(c3ccc(Cl)cc3)C2=O)cc1. The molecule has 0 bridgehead atoms. The quantitative estimate of drug-likeness (QED) is 0.777. The molecule has 0 aromatic heterocycles. The molecule has 2 aromatic rings. The highest BCUT2D eigenvalue weighted by Gasteiger charge is 2.36. The summed E-state index contributed by atoms with van der Waals surface area (Å²) in [5, 5.41) is 8.72. The van der Waals surface area contributed by atoms with E-state index in [-0.39, 0.29) is 5.24 Å². The predicted octanol–water partition coefficient (Wildman–Crippen LogP) is 4.04. The van der Waals surface area contributed by atoms with Crippen molar-refractivity contribution in [3.8, 4) is 5.75 Å². The van der Waals surface area contributed by atoms with Crippen LogP contribution in [0.25, 0.3) is 6.08 Å². The Morgan fingerprint density at radius 2 is 1.77 bits per heavy atom. The molecule has 1 N–H and O–H groups in total. The molecule has 0 aliphatic carbocycles. The third kappa shape index (κ3) is 4.07. The molecule has 1 saturated heterocycles. The van der Waals surface area contributed by atoms with Crippen LogP contribution in [-0.2, 0) is 9.59 Å². The number of rotatable bonds is 5. The zero-order valence-corrected chi connectivity index (χ0v) is 14.8. The fraction of sp³-hybridized carbons (Fsp3) is 0.0556. The molecule has 3 rings (SSSR count). The van der Waals surface area contributed by atoms with Gasteiger partial charge in [-0.2, -0.15) is 0 Å². The van der Waals surface area contributed by atoms with Gasteiger partial charge in [0, 0.05) is 5.02 Å². The second-order valence-corrected chi connectivity index (χ2v) is 6.67. The number of nitrogens with zero attached hydrogens (tertiary/aromatic N) is 1. The van der Waals surface area contributed by atoms with Gasteiger partial charge in [-0.1, -0.05) is 23.7 Å². The zero-order chi connectivity index (χ0) is 18.7. The van der Waals surface area contributed by atoms with Gasteiger partial charge in [-0.05, 0) is 59.8 Å². The topological polar surface area (TPSA) is 83.9 Å². The van der Waals surface area contributed by atoms with Crippen molar-refractivity contribution < 1.29 is 24.2 Å². The maximum Gasteiger partial charge on any atom is 0.341 e. The minimum atomic E-state index is -1.06. The molecule has 1 aliphatic heterocycles. The van der Waals surface area contributed by atoms with Crippen LogP contribution in [0.1, 0.15) is 5.56 Å². The highest BCUT2D eigenvalue weighted by atomic mass is 35.5. The second-order valence-electron chi connectivity index (χ2n) is 5.24. The molecule has 0 spiro atoms. The lowest BCUT2D eigenvalue weighted by atomic mass is 10.2. The van der Waals surface area contributed by atoms with E-state index in [1.165, 1.54) is 0 Å². The summed E-state index contributed by atoms with van der Waals surface area (Å²) in [6.45, 7) is -0.431. The molecule has 132 valence electrons. The summed E-state index contributed by atoms with van der Waals surface area (Å²) in [6.07, 6.45) is 1.60. The molecule has 1 fully saturated rings. The number of carboxylic acids is 1. The average molecular weight is 390 g/mol. The van der Waals surface area contributed by atoms with Crippen molar-refractivity contribution >= 4 is 52.2 Å². The molecule has 1 aliphatic rings. The molecule has 0 unspecified atom stereocenters.